The van der Waals surface area contributed by atoms with Crippen LogP contribution in [0.3, 0.4) is 0 Å². The van der Waals surface area contributed by atoms with Gasteiger partial charge in [0.05, 0.1) is 5.56 Å². The summed E-state index contributed by atoms with van der Waals surface area (Å²) in [6.45, 7) is 0. The summed E-state index contributed by atoms with van der Waals surface area (Å²) in [6.07, 6.45) is 0. The van der Waals surface area contributed by atoms with E-state index in [-0.39, 0.29) is 0 Å². The summed E-state index contributed by atoms with van der Waals surface area (Å²) in [5, 5.41) is 4.27. The molecule has 10 rings (SSSR count). The molecule has 3 heterocycles. The van der Waals surface area contributed by atoms with Crippen LogP contribution in [0, 0.1) is 0 Å². The summed E-state index contributed by atoms with van der Waals surface area (Å²) in [6, 6.07) is 55.8. The van der Waals surface area contributed by atoms with E-state index in [4.69, 9.17) is 23.8 Å². The van der Waals surface area contributed by atoms with Crippen molar-refractivity contribution in [3.63, 3.8) is 0 Å². The van der Waals surface area contributed by atoms with Gasteiger partial charge in [0.2, 0.25) is 0 Å². The van der Waals surface area contributed by atoms with Gasteiger partial charge in [-0.05, 0) is 64.7 Å². The lowest BCUT2D eigenvalue weighted by atomic mass is 10.0. The standard InChI is InChI=1S/C45H27N3O2/c1-2-11-28(12-3-1)29-13-8-15-32(25-29)43-46-44(48-45(47-43)37-20-10-19-36-34-17-4-7-22-40(34)50-42(36)37)33-16-9-14-30(26-33)31-23-24-41-38(27-31)35-18-5-6-21-39(35)49-41/h1-27H. The molecule has 0 radical (unpaired) electrons. The van der Waals surface area contributed by atoms with Crippen LogP contribution in [-0.4, -0.2) is 15.0 Å². The molecule has 0 aliphatic rings. The minimum atomic E-state index is 0.552. The predicted octanol–water partition coefficient (Wildman–Crippen LogP) is 12.0. The summed E-state index contributed by atoms with van der Waals surface area (Å²) in [5.41, 5.74) is 10.3. The molecule has 10 aromatic rings. The Bertz CT molecular complexity index is 2890. The number of aromatic nitrogens is 3. The summed E-state index contributed by atoms with van der Waals surface area (Å²) in [4.78, 5) is 15.3. The topological polar surface area (TPSA) is 65.0 Å². The zero-order chi connectivity index (χ0) is 33.0. The van der Waals surface area contributed by atoms with Gasteiger partial charge in [-0.25, -0.2) is 15.0 Å². The minimum absolute atomic E-state index is 0.552. The van der Waals surface area contributed by atoms with Crippen LogP contribution in [0.15, 0.2) is 173 Å². The summed E-state index contributed by atoms with van der Waals surface area (Å²) in [7, 11) is 0. The highest BCUT2D eigenvalue weighted by molar-refractivity contribution is 6.09. The smallest absolute Gasteiger partial charge is 0.167 e. The Labute approximate surface area is 287 Å². The van der Waals surface area contributed by atoms with Gasteiger partial charge in [0.15, 0.2) is 17.5 Å². The summed E-state index contributed by atoms with van der Waals surface area (Å²) < 4.78 is 12.5. The molecule has 0 atom stereocenters. The van der Waals surface area contributed by atoms with E-state index in [9.17, 15) is 0 Å². The van der Waals surface area contributed by atoms with E-state index in [0.29, 0.717) is 17.5 Å². The highest BCUT2D eigenvalue weighted by atomic mass is 16.3. The maximum atomic E-state index is 6.43. The Hall–Kier alpha value is -6.85. The number of rotatable bonds is 5. The van der Waals surface area contributed by atoms with Crippen LogP contribution in [0.2, 0.25) is 0 Å². The second kappa shape index (κ2) is 11.4. The zero-order valence-corrected chi connectivity index (χ0v) is 26.7. The van der Waals surface area contributed by atoms with E-state index in [1.807, 2.05) is 60.7 Å². The summed E-state index contributed by atoms with van der Waals surface area (Å²) >= 11 is 0. The van der Waals surface area contributed by atoms with Crippen molar-refractivity contribution >= 4 is 43.9 Å². The largest absolute Gasteiger partial charge is 0.456 e. The lowest BCUT2D eigenvalue weighted by molar-refractivity contribution is 0.669. The number of nitrogens with zero attached hydrogens (tertiary/aromatic N) is 3. The fourth-order valence-electron chi connectivity index (χ4n) is 6.89. The van der Waals surface area contributed by atoms with Crippen LogP contribution in [0.5, 0.6) is 0 Å². The number of hydrogen-bond acceptors (Lipinski definition) is 5. The quantitative estimate of drug-likeness (QED) is 0.187. The Kier molecular flexibility index (Phi) is 6.42. The van der Waals surface area contributed by atoms with Crippen LogP contribution >= 0.6 is 0 Å². The van der Waals surface area contributed by atoms with E-state index in [1.54, 1.807) is 0 Å². The molecular formula is C45H27N3O2. The highest BCUT2D eigenvalue weighted by Crippen LogP contribution is 2.37. The molecule has 0 amide bonds. The van der Waals surface area contributed by atoms with Crippen molar-refractivity contribution in [1.29, 1.82) is 0 Å². The molecule has 0 unspecified atom stereocenters. The molecule has 0 spiro atoms. The molecule has 0 N–H and O–H groups in total. The number of fused-ring (bicyclic) bond motifs is 6. The van der Waals surface area contributed by atoms with E-state index in [2.05, 4.69) is 103 Å². The first-order valence-electron chi connectivity index (χ1n) is 16.6. The average molecular weight is 642 g/mol. The van der Waals surface area contributed by atoms with Crippen molar-refractivity contribution in [3.05, 3.63) is 164 Å². The highest BCUT2D eigenvalue weighted by Gasteiger charge is 2.18. The molecule has 5 nitrogen and oxygen atoms in total. The second-order valence-electron chi connectivity index (χ2n) is 12.4. The van der Waals surface area contributed by atoms with Gasteiger partial charge >= 0.3 is 0 Å². The van der Waals surface area contributed by atoms with Gasteiger partial charge in [0.1, 0.15) is 22.3 Å². The van der Waals surface area contributed by atoms with Crippen molar-refractivity contribution in [2.75, 3.05) is 0 Å². The van der Waals surface area contributed by atoms with Gasteiger partial charge in [-0.1, -0.05) is 121 Å². The van der Waals surface area contributed by atoms with Crippen molar-refractivity contribution in [1.82, 2.24) is 15.0 Å². The first-order valence-corrected chi connectivity index (χ1v) is 16.6. The first-order chi connectivity index (χ1) is 24.7. The molecule has 0 saturated heterocycles. The zero-order valence-electron chi connectivity index (χ0n) is 26.7. The minimum Gasteiger partial charge on any atom is -0.456 e. The van der Waals surface area contributed by atoms with Crippen LogP contribution in [0.1, 0.15) is 0 Å². The van der Waals surface area contributed by atoms with Crippen LogP contribution in [0.4, 0.5) is 0 Å². The average Bonchev–Trinajstić information content (AvgIpc) is 3.76. The lowest BCUT2D eigenvalue weighted by Gasteiger charge is -2.11. The maximum Gasteiger partial charge on any atom is 0.167 e. The Morgan fingerprint density at radius 2 is 0.800 bits per heavy atom. The number of benzene rings is 7. The molecule has 0 aliphatic heterocycles. The Morgan fingerprint density at radius 3 is 1.54 bits per heavy atom. The monoisotopic (exact) mass is 641 g/mol. The molecule has 0 aliphatic carbocycles. The van der Waals surface area contributed by atoms with Gasteiger partial charge < -0.3 is 8.83 Å². The van der Waals surface area contributed by atoms with Gasteiger partial charge in [-0.15, -0.1) is 0 Å². The lowest BCUT2D eigenvalue weighted by Crippen LogP contribution is -2.00. The number of para-hydroxylation sites is 3. The van der Waals surface area contributed by atoms with Crippen LogP contribution < -0.4 is 0 Å². The van der Waals surface area contributed by atoms with Crippen molar-refractivity contribution < 1.29 is 8.83 Å². The Morgan fingerprint density at radius 1 is 0.300 bits per heavy atom. The van der Waals surface area contributed by atoms with Gasteiger partial charge in [-0.2, -0.15) is 0 Å². The molecular weight excluding hydrogens is 615 g/mol. The SMILES string of the molecule is c1ccc(-c2cccc(-c3nc(-c4cccc(-c5ccc6oc7ccccc7c6c5)c4)nc(-c4cccc5c4oc4ccccc45)n3)c2)cc1. The van der Waals surface area contributed by atoms with E-state index in [1.165, 1.54) is 0 Å². The van der Waals surface area contributed by atoms with E-state index >= 15 is 0 Å². The predicted molar refractivity (Wildman–Crippen MR) is 202 cm³/mol. The third kappa shape index (κ3) is 4.75. The van der Waals surface area contributed by atoms with Crippen molar-refractivity contribution in [3.8, 4) is 56.4 Å². The first kappa shape index (κ1) is 28.2. The fourth-order valence-corrected chi connectivity index (χ4v) is 6.89. The second-order valence-corrected chi connectivity index (χ2v) is 12.4. The van der Waals surface area contributed by atoms with Crippen molar-refractivity contribution in [2.45, 2.75) is 0 Å². The van der Waals surface area contributed by atoms with Crippen LogP contribution in [-0.2, 0) is 0 Å². The molecule has 5 heteroatoms. The molecule has 50 heavy (non-hydrogen) atoms. The number of hydrogen-bond donors (Lipinski definition) is 0. The third-order valence-electron chi connectivity index (χ3n) is 9.34. The number of furan rings is 2. The maximum absolute atomic E-state index is 6.43. The Balaban J connectivity index is 1.15. The molecule has 7 aromatic carbocycles. The molecule has 0 saturated carbocycles. The summed E-state index contributed by atoms with van der Waals surface area (Å²) in [5.74, 6) is 1.73. The third-order valence-corrected chi connectivity index (χ3v) is 9.34. The molecule has 0 bridgehead atoms. The molecule has 3 aromatic heterocycles. The van der Waals surface area contributed by atoms with Gasteiger partial charge in [0, 0.05) is 32.7 Å². The van der Waals surface area contributed by atoms with E-state index in [0.717, 1.165) is 82.8 Å². The van der Waals surface area contributed by atoms with E-state index < -0.39 is 0 Å². The fraction of sp³-hybridized carbons (Fsp3) is 0. The van der Waals surface area contributed by atoms with Gasteiger partial charge in [-0.3, -0.25) is 0 Å². The van der Waals surface area contributed by atoms with Crippen molar-refractivity contribution in [2.24, 2.45) is 0 Å². The van der Waals surface area contributed by atoms with Gasteiger partial charge in [0.25, 0.3) is 0 Å². The molecule has 0 fully saturated rings. The normalized spacial score (nSPS) is 11.6. The van der Waals surface area contributed by atoms with Crippen LogP contribution in [0.25, 0.3) is 100 Å². The molecule has 234 valence electrons.